The van der Waals surface area contributed by atoms with Crippen LogP contribution in [0.3, 0.4) is 0 Å². The smallest absolute Gasteiger partial charge is 0.242 e. The normalized spacial score (nSPS) is 22.1. The van der Waals surface area contributed by atoms with Gasteiger partial charge in [0.15, 0.2) is 0 Å². The molecular weight excluding hydrogens is 238 g/mol. The van der Waals surface area contributed by atoms with E-state index in [0.717, 1.165) is 6.42 Å². The van der Waals surface area contributed by atoms with E-state index in [1.807, 2.05) is 19.0 Å². The average molecular weight is 261 g/mol. The number of likely N-dealkylation sites (N-methyl/N-ethyl adjacent to an activating group) is 1. The number of fused-ring (bicyclic) bond motifs is 1. The van der Waals surface area contributed by atoms with Gasteiger partial charge in [0.2, 0.25) is 5.91 Å². The SMILES string of the molecule is CNC1CCCc2cn(CC(=O)N(C)C3CC3)cc21. The van der Waals surface area contributed by atoms with E-state index in [1.54, 1.807) is 0 Å². The summed E-state index contributed by atoms with van der Waals surface area (Å²) in [6, 6.07) is 0.962. The first-order valence-corrected chi connectivity index (χ1v) is 7.30. The molecule has 1 atom stereocenters. The number of amides is 1. The van der Waals surface area contributed by atoms with E-state index in [9.17, 15) is 4.79 Å². The Hall–Kier alpha value is -1.29. The van der Waals surface area contributed by atoms with Gasteiger partial charge < -0.3 is 14.8 Å². The maximum Gasteiger partial charge on any atom is 0.242 e. The highest BCUT2D eigenvalue weighted by atomic mass is 16.2. The fraction of sp³-hybridized carbons (Fsp3) is 0.667. The Balaban J connectivity index is 1.71. The van der Waals surface area contributed by atoms with Gasteiger partial charge in [-0.2, -0.15) is 0 Å². The van der Waals surface area contributed by atoms with Crippen LogP contribution in [0.4, 0.5) is 0 Å². The molecule has 0 radical (unpaired) electrons. The number of hydrogen-bond acceptors (Lipinski definition) is 2. The van der Waals surface area contributed by atoms with Crippen molar-refractivity contribution in [1.82, 2.24) is 14.8 Å². The van der Waals surface area contributed by atoms with Crippen LogP contribution < -0.4 is 5.32 Å². The molecule has 1 N–H and O–H groups in total. The predicted octanol–water partition coefficient (Wildman–Crippen LogP) is 1.71. The molecule has 4 heteroatoms. The first-order chi connectivity index (χ1) is 9.19. The van der Waals surface area contributed by atoms with E-state index in [2.05, 4.69) is 22.3 Å². The van der Waals surface area contributed by atoms with Crippen LogP contribution in [0.1, 0.15) is 42.9 Å². The Bertz CT molecular complexity index is 476. The third-order valence-electron chi connectivity index (χ3n) is 4.47. The number of rotatable bonds is 4. The Morgan fingerprint density at radius 3 is 2.89 bits per heavy atom. The largest absolute Gasteiger partial charge is 0.344 e. The van der Waals surface area contributed by atoms with E-state index in [-0.39, 0.29) is 5.91 Å². The highest BCUT2D eigenvalue weighted by molar-refractivity contribution is 5.76. The zero-order valence-electron chi connectivity index (χ0n) is 11.9. The van der Waals surface area contributed by atoms with Crippen molar-refractivity contribution in [1.29, 1.82) is 0 Å². The van der Waals surface area contributed by atoms with E-state index in [4.69, 9.17) is 0 Å². The number of aryl methyl sites for hydroxylation is 1. The van der Waals surface area contributed by atoms with Crippen LogP contribution in [0, 0.1) is 0 Å². The second kappa shape index (κ2) is 5.00. The van der Waals surface area contributed by atoms with E-state index in [0.29, 0.717) is 18.6 Å². The molecule has 19 heavy (non-hydrogen) atoms. The molecule has 3 rings (SSSR count). The summed E-state index contributed by atoms with van der Waals surface area (Å²) in [6.07, 6.45) is 10.2. The number of carbonyl (C=O) groups excluding carboxylic acids is 1. The van der Waals surface area contributed by atoms with Crippen molar-refractivity contribution in [3.05, 3.63) is 23.5 Å². The van der Waals surface area contributed by atoms with E-state index < -0.39 is 0 Å². The molecule has 2 aliphatic carbocycles. The summed E-state index contributed by atoms with van der Waals surface area (Å²) in [5.41, 5.74) is 2.79. The van der Waals surface area contributed by atoms with Crippen LogP contribution in [-0.4, -0.2) is 35.5 Å². The molecule has 104 valence electrons. The van der Waals surface area contributed by atoms with Gasteiger partial charge in [0.25, 0.3) is 0 Å². The van der Waals surface area contributed by atoms with Gasteiger partial charge in [0.1, 0.15) is 6.54 Å². The van der Waals surface area contributed by atoms with Gasteiger partial charge in [-0.25, -0.2) is 0 Å². The Kier molecular flexibility index (Phi) is 3.35. The summed E-state index contributed by atoms with van der Waals surface area (Å²) < 4.78 is 2.07. The maximum absolute atomic E-state index is 12.1. The molecule has 1 fully saturated rings. The molecule has 0 spiro atoms. The lowest BCUT2D eigenvalue weighted by Gasteiger charge is -2.21. The molecule has 1 aromatic heterocycles. The van der Waals surface area contributed by atoms with Crippen molar-refractivity contribution in [2.24, 2.45) is 0 Å². The molecule has 1 heterocycles. The maximum atomic E-state index is 12.1. The Morgan fingerprint density at radius 1 is 1.42 bits per heavy atom. The average Bonchev–Trinajstić information content (AvgIpc) is 3.17. The summed E-state index contributed by atoms with van der Waals surface area (Å²) in [7, 11) is 3.95. The summed E-state index contributed by atoms with van der Waals surface area (Å²) in [4.78, 5) is 14.1. The molecule has 0 aliphatic heterocycles. The van der Waals surface area contributed by atoms with Gasteiger partial charge in [0.05, 0.1) is 0 Å². The lowest BCUT2D eigenvalue weighted by atomic mass is 9.91. The van der Waals surface area contributed by atoms with Crippen LogP contribution in [-0.2, 0) is 17.8 Å². The molecule has 1 amide bonds. The van der Waals surface area contributed by atoms with E-state index in [1.165, 1.54) is 36.8 Å². The summed E-state index contributed by atoms with van der Waals surface area (Å²) in [5, 5.41) is 3.37. The Labute approximate surface area is 114 Å². The highest BCUT2D eigenvalue weighted by Crippen LogP contribution is 2.30. The summed E-state index contributed by atoms with van der Waals surface area (Å²) in [5.74, 6) is 0.232. The fourth-order valence-electron chi connectivity index (χ4n) is 3.07. The van der Waals surface area contributed by atoms with Crippen molar-refractivity contribution in [2.45, 2.75) is 50.7 Å². The second-order valence-corrected chi connectivity index (χ2v) is 5.88. The quantitative estimate of drug-likeness (QED) is 0.896. The molecule has 0 bridgehead atoms. The zero-order valence-corrected chi connectivity index (χ0v) is 11.9. The number of nitrogens with zero attached hydrogens (tertiary/aromatic N) is 2. The highest BCUT2D eigenvalue weighted by Gasteiger charge is 2.29. The van der Waals surface area contributed by atoms with Gasteiger partial charge in [-0.05, 0) is 50.3 Å². The van der Waals surface area contributed by atoms with Gasteiger partial charge in [-0.3, -0.25) is 4.79 Å². The lowest BCUT2D eigenvalue weighted by Crippen LogP contribution is -2.31. The molecule has 2 aliphatic rings. The van der Waals surface area contributed by atoms with Crippen molar-refractivity contribution in [2.75, 3.05) is 14.1 Å². The Morgan fingerprint density at radius 2 is 2.21 bits per heavy atom. The van der Waals surface area contributed by atoms with Gasteiger partial charge in [0, 0.05) is 31.5 Å². The van der Waals surface area contributed by atoms with Crippen LogP contribution in [0.25, 0.3) is 0 Å². The van der Waals surface area contributed by atoms with Crippen LogP contribution in [0.2, 0.25) is 0 Å². The predicted molar refractivity (Wildman–Crippen MR) is 75.0 cm³/mol. The standard InChI is InChI=1S/C15H23N3O/c1-16-14-5-3-4-11-8-18(9-13(11)14)10-15(19)17(2)12-6-7-12/h8-9,12,14,16H,3-7,10H2,1-2H3. The van der Waals surface area contributed by atoms with Crippen LogP contribution in [0.15, 0.2) is 12.4 Å². The third kappa shape index (κ3) is 2.54. The molecule has 0 aromatic carbocycles. The second-order valence-electron chi connectivity index (χ2n) is 5.88. The molecule has 0 saturated heterocycles. The lowest BCUT2D eigenvalue weighted by molar-refractivity contribution is -0.131. The number of hydrogen-bond donors (Lipinski definition) is 1. The number of aromatic nitrogens is 1. The summed E-state index contributed by atoms with van der Waals surface area (Å²) >= 11 is 0. The minimum atomic E-state index is 0.232. The van der Waals surface area contributed by atoms with Gasteiger partial charge in [-0.15, -0.1) is 0 Å². The fourth-order valence-corrected chi connectivity index (χ4v) is 3.07. The van der Waals surface area contributed by atoms with Gasteiger partial charge in [-0.1, -0.05) is 0 Å². The van der Waals surface area contributed by atoms with Crippen molar-refractivity contribution >= 4 is 5.91 Å². The monoisotopic (exact) mass is 261 g/mol. The number of carbonyl (C=O) groups is 1. The molecule has 1 unspecified atom stereocenters. The zero-order chi connectivity index (χ0) is 13.4. The molecule has 1 saturated carbocycles. The first-order valence-electron chi connectivity index (χ1n) is 7.30. The van der Waals surface area contributed by atoms with Crippen LogP contribution >= 0.6 is 0 Å². The van der Waals surface area contributed by atoms with Gasteiger partial charge >= 0.3 is 0 Å². The van der Waals surface area contributed by atoms with Crippen molar-refractivity contribution < 1.29 is 4.79 Å². The van der Waals surface area contributed by atoms with E-state index >= 15 is 0 Å². The topological polar surface area (TPSA) is 37.3 Å². The molecular formula is C15H23N3O. The minimum absolute atomic E-state index is 0.232. The third-order valence-corrected chi connectivity index (χ3v) is 4.47. The van der Waals surface area contributed by atoms with Crippen LogP contribution in [0.5, 0.6) is 0 Å². The molecule has 1 aromatic rings. The first kappa shape index (κ1) is 12.7. The van der Waals surface area contributed by atoms with Crippen molar-refractivity contribution in [3.8, 4) is 0 Å². The molecule has 4 nitrogen and oxygen atoms in total. The summed E-state index contributed by atoms with van der Waals surface area (Å²) in [6.45, 7) is 0.483. The number of nitrogens with one attached hydrogen (secondary N) is 1. The minimum Gasteiger partial charge on any atom is -0.344 e. The van der Waals surface area contributed by atoms with Crippen molar-refractivity contribution in [3.63, 3.8) is 0 Å².